The van der Waals surface area contributed by atoms with Crippen molar-refractivity contribution in [2.24, 2.45) is 4.99 Å². The minimum absolute atomic E-state index is 0. The molecule has 0 fully saturated rings. The standard InChI is InChI=1S/C23H30N6O.HI/c1-6-30-21-10-7-19(8-11-21)16-28(5)23(24-4)26-15-20-9-12-22(25-14-20)29-18(3)13-17(2)27-29;/h7-14H,6,15-16H2,1-5H3,(H,24,26);1H. The van der Waals surface area contributed by atoms with Crippen LogP contribution in [0.15, 0.2) is 53.7 Å². The molecule has 2 aromatic heterocycles. The van der Waals surface area contributed by atoms with Crippen LogP contribution in [-0.4, -0.2) is 46.3 Å². The fraction of sp³-hybridized carbons (Fsp3) is 0.348. The second-order valence-electron chi connectivity index (χ2n) is 7.20. The molecule has 0 aliphatic heterocycles. The molecule has 166 valence electrons. The number of halogens is 1. The van der Waals surface area contributed by atoms with Crippen molar-refractivity contribution in [2.45, 2.75) is 33.9 Å². The summed E-state index contributed by atoms with van der Waals surface area (Å²) in [7, 11) is 3.82. The third-order valence-electron chi connectivity index (χ3n) is 4.71. The van der Waals surface area contributed by atoms with Crippen LogP contribution in [0.25, 0.3) is 5.82 Å². The first-order valence-corrected chi connectivity index (χ1v) is 10.1. The number of benzene rings is 1. The van der Waals surface area contributed by atoms with Crippen LogP contribution in [0.3, 0.4) is 0 Å². The van der Waals surface area contributed by atoms with Gasteiger partial charge in [-0.15, -0.1) is 24.0 Å². The number of pyridine rings is 1. The Morgan fingerprint density at radius 3 is 2.39 bits per heavy atom. The van der Waals surface area contributed by atoms with E-state index in [9.17, 15) is 0 Å². The summed E-state index contributed by atoms with van der Waals surface area (Å²) in [4.78, 5) is 11.0. The van der Waals surface area contributed by atoms with Crippen molar-refractivity contribution in [2.75, 3.05) is 20.7 Å². The molecule has 0 aliphatic rings. The van der Waals surface area contributed by atoms with Crippen LogP contribution in [0.2, 0.25) is 0 Å². The van der Waals surface area contributed by atoms with Gasteiger partial charge in [0, 0.05) is 39.1 Å². The zero-order valence-corrected chi connectivity index (χ0v) is 21.1. The quantitative estimate of drug-likeness (QED) is 0.281. The SMILES string of the molecule is CCOc1ccc(CN(C)C(=NC)NCc2ccc(-n3nc(C)cc3C)nc2)cc1.I. The van der Waals surface area contributed by atoms with Gasteiger partial charge in [-0.1, -0.05) is 18.2 Å². The van der Waals surface area contributed by atoms with Gasteiger partial charge < -0.3 is 15.0 Å². The van der Waals surface area contributed by atoms with Crippen LogP contribution in [0.4, 0.5) is 0 Å². The van der Waals surface area contributed by atoms with Crippen LogP contribution < -0.4 is 10.1 Å². The van der Waals surface area contributed by atoms with Crippen LogP contribution >= 0.6 is 24.0 Å². The molecule has 0 bridgehead atoms. The topological polar surface area (TPSA) is 67.6 Å². The average molecular weight is 534 g/mol. The molecular formula is C23H31IN6O. The van der Waals surface area contributed by atoms with Crippen molar-refractivity contribution >= 4 is 29.9 Å². The largest absolute Gasteiger partial charge is 0.494 e. The summed E-state index contributed by atoms with van der Waals surface area (Å²) in [6.45, 7) is 8.07. The van der Waals surface area contributed by atoms with Crippen LogP contribution in [0, 0.1) is 13.8 Å². The highest BCUT2D eigenvalue weighted by Crippen LogP contribution is 2.14. The first kappa shape index (κ1) is 24.6. The van der Waals surface area contributed by atoms with Gasteiger partial charge in [-0.2, -0.15) is 5.10 Å². The lowest BCUT2D eigenvalue weighted by Crippen LogP contribution is -2.38. The van der Waals surface area contributed by atoms with E-state index in [1.807, 2.05) is 63.0 Å². The molecule has 3 rings (SSSR count). The van der Waals surface area contributed by atoms with Crippen LogP contribution in [0.5, 0.6) is 5.75 Å². The van der Waals surface area contributed by atoms with E-state index >= 15 is 0 Å². The van der Waals surface area contributed by atoms with Gasteiger partial charge in [-0.25, -0.2) is 9.67 Å². The predicted octanol–water partition coefficient (Wildman–Crippen LogP) is 4.11. The van der Waals surface area contributed by atoms with Crippen molar-refractivity contribution in [3.8, 4) is 11.6 Å². The Bertz CT molecular complexity index is 982. The summed E-state index contributed by atoms with van der Waals surface area (Å²) in [5, 5.41) is 7.88. The Hall–Kier alpha value is -2.62. The molecule has 0 aliphatic carbocycles. The number of aromatic nitrogens is 3. The molecule has 2 heterocycles. The lowest BCUT2D eigenvalue weighted by molar-refractivity contribution is 0.340. The molecule has 3 aromatic rings. The number of hydrogen-bond acceptors (Lipinski definition) is 4. The van der Waals surface area contributed by atoms with Crippen molar-refractivity contribution in [1.29, 1.82) is 0 Å². The van der Waals surface area contributed by atoms with E-state index < -0.39 is 0 Å². The average Bonchev–Trinajstić information content (AvgIpc) is 3.08. The van der Waals surface area contributed by atoms with E-state index in [1.165, 1.54) is 5.56 Å². The molecule has 0 saturated carbocycles. The molecule has 1 aromatic carbocycles. The van der Waals surface area contributed by atoms with Gasteiger partial charge in [-0.3, -0.25) is 4.99 Å². The summed E-state index contributed by atoms with van der Waals surface area (Å²) in [6.07, 6.45) is 1.87. The van der Waals surface area contributed by atoms with E-state index in [1.54, 1.807) is 7.05 Å². The maximum Gasteiger partial charge on any atom is 0.193 e. The molecular weight excluding hydrogens is 503 g/mol. The molecule has 31 heavy (non-hydrogen) atoms. The van der Waals surface area contributed by atoms with Gasteiger partial charge in [-0.05, 0) is 56.2 Å². The minimum Gasteiger partial charge on any atom is -0.494 e. The second-order valence-corrected chi connectivity index (χ2v) is 7.20. The molecule has 0 saturated heterocycles. The summed E-state index contributed by atoms with van der Waals surface area (Å²) >= 11 is 0. The van der Waals surface area contributed by atoms with Gasteiger partial charge in [0.15, 0.2) is 11.8 Å². The van der Waals surface area contributed by atoms with Gasteiger partial charge in [0.2, 0.25) is 0 Å². The molecule has 0 amide bonds. The van der Waals surface area contributed by atoms with Gasteiger partial charge in [0.1, 0.15) is 5.75 Å². The highest BCUT2D eigenvalue weighted by atomic mass is 127. The molecule has 7 nitrogen and oxygen atoms in total. The summed E-state index contributed by atoms with van der Waals surface area (Å²) in [5.41, 5.74) is 4.33. The van der Waals surface area contributed by atoms with E-state index in [4.69, 9.17) is 4.74 Å². The van der Waals surface area contributed by atoms with Crippen LogP contribution in [-0.2, 0) is 13.1 Å². The fourth-order valence-electron chi connectivity index (χ4n) is 3.28. The lowest BCUT2D eigenvalue weighted by atomic mass is 10.2. The Morgan fingerprint density at radius 1 is 1.13 bits per heavy atom. The number of hydrogen-bond donors (Lipinski definition) is 1. The van der Waals surface area contributed by atoms with E-state index in [2.05, 4.69) is 43.5 Å². The van der Waals surface area contributed by atoms with Gasteiger partial charge in [0.05, 0.1) is 12.3 Å². The Kier molecular flexibility index (Phi) is 9.29. The van der Waals surface area contributed by atoms with Gasteiger partial charge >= 0.3 is 0 Å². The summed E-state index contributed by atoms with van der Waals surface area (Å²) in [5.74, 6) is 2.54. The van der Waals surface area contributed by atoms with Crippen molar-refractivity contribution in [1.82, 2.24) is 25.0 Å². The van der Waals surface area contributed by atoms with Crippen molar-refractivity contribution in [3.05, 3.63) is 71.2 Å². The minimum atomic E-state index is 0. The number of aryl methyl sites for hydroxylation is 2. The molecule has 0 radical (unpaired) electrons. The molecule has 0 spiro atoms. The highest BCUT2D eigenvalue weighted by molar-refractivity contribution is 14.0. The summed E-state index contributed by atoms with van der Waals surface area (Å²) in [6, 6.07) is 14.3. The molecule has 0 atom stereocenters. The smallest absolute Gasteiger partial charge is 0.193 e. The fourth-order valence-corrected chi connectivity index (χ4v) is 3.28. The van der Waals surface area contributed by atoms with E-state index in [0.29, 0.717) is 13.2 Å². The first-order chi connectivity index (χ1) is 14.5. The van der Waals surface area contributed by atoms with Crippen LogP contribution in [0.1, 0.15) is 29.4 Å². The number of rotatable bonds is 7. The highest BCUT2D eigenvalue weighted by Gasteiger charge is 2.08. The van der Waals surface area contributed by atoms with Crippen molar-refractivity contribution in [3.63, 3.8) is 0 Å². The number of aliphatic imine (C=N–C) groups is 1. The summed E-state index contributed by atoms with van der Waals surface area (Å²) < 4.78 is 7.36. The monoisotopic (exact) mass is 534 g/mol. The third-order valence-corrected chi connectivity index (χ3v) is 4.71. The number of nitrogens with zero attached hydrogens (tertiary/aromatic N) is 5. The van der Waals surface area contributed by atoms with E-state index in [-0.39, 0.29) is 24.0 Å². The zero-order valence-electron chi connectivity index (χ0n) is 18.8. The molecule has 1 N–H and O–H groups in total. The number of ether oxygens (including phenoxy) is 1. The Labute approximate surface area is 201 Å². The van der Waals surface area contributed by atoms with Crippen molar-refractivity contribution < 1.29 is 4.74 Å². The zero-order chi connectivity index (χ0) is 21.5. The van der Waals surface area contributed by atoms with E-state index in [0.717, 1.165) is 41.0 Å². The maximum atomic E-state index is 5.51. The predicted molar refractivity (Wildman–Crippen MR) is 136 cm³/mol. The normalized spacial score (nSPS) is 11.1. The first-order valence-electron chi connectivity index (χ1n) is 10.1. The molecule has 8 heteroatoms. The third kappa shape index (κ3) is 6.68. The number of guanidine groups is 1. The van der Waals surface area contributed by atoms with Gasteiger partial charge in [0.25, 0.3) is 0 Å². The second kappa shape index (κ2) is 11.7. The number of nitrogens with one attached hydrogen (secondary N) is 1. The molecule has 0 unspecified atom stereocenters. The Morgan fingerprint density at radius 2 is 1.84 bits per heavy atom. The Balaban J connectivity index is 0.00000341. The maximum absolute atomic E-state index is 5.51. The lowest BCUT2D eigenvalue weighted by Gasteiger charge is -2.22.